The topological polar surface area (TPSA) is 115 Å². The van der Waals surface area contributed by atoms with Crippen molar-refractivity contribution >= 4 is 23.6 Å². The molecule has 2 heterocycles. The highest BCUT2D eigenvalue weighted by Crippen LogP contribution is 2.25. The van der Waals surface area contributed by atoms with Crippen molar-refractivity contribution in [3.8, 4) is 5.75 Å². The molecule has 0 radical (unpaired) electrons. The van der Waals surface area contributed by atoms with E-state index in [-0.39, 0.29) is 23.7 Å². The van der Waals surface area contributed by atoms with Gasteiger partial charge in [-0.05, 0) is 50.9 Å². The highest BCUT2D eigenvalue weighted by Gasteiger charge is 2.19. The van der Waals surface area contributed by atoms with Crippen molar-refractivity contribution in [3.05, 3.63) is 62.0 Å². The first-order valence-corrected chi connectivity index (χ1v) is 13.3. The summed E-state index contributed by atoms with van der Waals surface area (Å²) in [4.78, 5) is 35.1. The SMILES string of the molecule is CC.CCC(=O)c1c(O)cc(C(C)CC/C=C/NC)oc1=O.COC=O.COCCCc1ccc(C)s1. The Morgan fingerprint density at radius 1 is 1.27 bits per heavy atom. The van der Waals surface area contributed by atoms with E-state index in [2.05, 4.69) is 29.1 Å². The van der Waals surface area contributed by atoms with Crippen LogP contribution in [0.2, 0.25) is 0 Å². The number of carbonyl (C=O) groups is 2. The fraction of sp³-hybridized carbons (Fsp3) is 0.536. The molecule has 2 N–H and O–H groups in total. The van der Waals surface area contributed by atoms with E-state index in [1.54, 1.807) is 14.0 Å². The smallest absolute Gasteiger partial charge is 0.350 e. The minimum atomic E-state index is -0.760. The maximum atomic E-state index is 11.8. The molecule has 0 saturated heterocycles. The van der Waals surface area contributed by atoms with Crippen LogP contribution in [0.1, 0.15) is 85.2 Å². The molecule has 0 spiro atoms. The average molecular weight is 540 g/mol. The van der Waals surface area contributed by atoms with Crippen molar-refractivity contribution in [1.29, 1.82) is 0 Å². The predicted octanol–water partition coefficient (Wildman–Crippen LogP) is 6.01. The molecule has 1 unspecified atom stereocenters. The van der Waals surface area contributed by atoms with Gasteiger partial charge in [-0.2, -0.15) is 0 Å². The molecule has 0 saturated carbocycles. The third-order valence-corrected chi connectivity index (χ3v) is 5.81. The van der Waals surface area contributed by atoms with Crippen LogP contribution in [-0.2, 0) is 20.7 Å². The molecule has 0 fully saturated rings. The Morgan fingerprint density at radius 3 is 2.38 bits per heavy atom. The lowest BCUT2D eigenvalue weighted by atomic mass is 10.0. The van der Waals surface area contributed by atoms with Gasteiger partial charge in [-0.3, -0.25) is 9.59 Å². The Morgan fingerprint density at radius 2 is 1.92 bits per heavy atom. The number of hydrogen-bond donors (Lipinski definition) is 2. The lowest BCUT2D eigenvalue weighted by Crippen LogP contribution is -2.15. The number of carbonyl (C=O) groups excluding carboxylic acids is 2. The summed E-state index contributed by atoms with van der Waals surface area (Å²) in [5, 5.41) is 12.7. The van der Waals surface area contributed by atoms with Crippen molar-refractivity contribution in [1.82, 2.24) is 5.32 Å². The highest BCUT2D eigenvalue weighted by molar-refractivity contribution is 7.11. The van der Waals surface area contributed by atoms with Crippen LogP contribution in [0.3, 0.4) is 0 Å². The van der Waals surface area contributed by atoms with Crippen LogP contribution >= 0.6 is 11.3 Å². The number of allylic oxidation sites excluding steroid dienone is 1. The van der Waals surface area contributed by atoms with Gasteiger partial charge >= 0.3 is 5.63 Å². The number of ketones is 1. The molecule has 0 amide bonds. The summed E-state index contributed by atoms with van der Waals surface area (Å²) >= 11 is 1.88. The number of aromatic hydroxyl groups is 1. The molecule has 8 nitrogen and oxygen atoms in total. The largest absolute Gasteiger partial charge is 0.507 e. The van der Waals surface area contributed by atoms with Gasteiger partial charge in [0.2, 0.25) is 0 Å². The van der Waals surface area contributed by atoms with Crippen LogP contribution in [-0.4, -0.2) is 45.2 Å². The molecule has 37 heavy (non-hydrogen) atoms. The van der Waals surface area contributed by atoms with E-state index in [4.69, 9.17) is 13.9 Å². The van der Waals surface area contributed by atoms with Gasteiger partial charge in [0.15, 0.2) is 5.78 Å². The summed E-state index contributed by atoms with van der Waals surface area (Å²) in [6.07, 6.45) is 7.86. The Labute approximate surface area is 225 Å². The van der Waals surface area contributed by atoms with Gasteiger partial charge in [-0.1, -0.05) is 33.8 Å². The van der Waals surface area contributed by atoms with Gasteiger partial charge < -0.3 is 24.3 Å². The van der Waals surface area contributed by atoms with Crippen molar-refractivity contribution in [2.75, 3.05) is 27.9 Å². The van der Waals surface area contributed by atoms with Crippen molar-refractivity contribution < 1.29 is 28.6 Å². The molecular formula is C28H45NO7S. The molecule has 0 aliphatic heterocycles. The first kappa shape index (κ1) is 36.2. The summed E-state index contributed by atoms with van der Waals surface area (Å²) < 4.78 is 14.0. The van der Waals surface area contributed by atoms with Gasteiger partial charge in [0.05, 0.1) is 7.11 Å². The van der Waals surface area contributed by atoms with Gasteiger partial charge in [0.25, 0.3) is 6.47 Å². The molecular weight excluding hydrogens is 494 g/mol. The molecule has 0 bridgehead atoms. The number of methoxy groups -OCH3 is 2. The van der Waals surface area contributed by atoms with Crippen LogP contribution < -0.4 is 10.9 Å². The maximum Gasteiger partial charge on any atom is 0.350 e. The molecule has 9 heteroatoms. The number of Topliss-reactive ketones (excluding diaryl/α,β-unsaturated/α-hetero) is 1. The lowest BCUT2D eigenvalue weighted by molar-refractivity contribution is -0.126. The molecule has 0 aliphatic carbocycles. The van der Waals surface area contributed by atoms with Crippen molar-refractivity contribution in [2.45, 2.75) is 72.6 Å². The third kappa shape index (κ3) is 16.5. The normalized spacial score (nSPS) is 10.6. The zero-order valence-corrected chi connectivity index (χ0v) is 24.4. The van der Waals surface area contributed by atoms with Gasteiger partial charge in [-0.15, -0.1) is 11.3 Å². The van der Waals surface area contributed by atoms with E-state index >= 15 is 0 Å². The lowest BCUT2D eigenvalue weighted by Gasteiger charge is -2.10. The van der Waals surface area contributed by atoms with Crippen LogP contribution in [0, 0.1) is 6.92 Å². The third-order valence-electron chi connectivity index (χ3n) is 4.75. The van der Waals surface area contributed by atoms with E-state index in [0.717, 1.165) is 32.3 Å². The molecule has 2 rings (SSSR count). The number of rotatable bonds is 12. The van der Waals surface area contributed by atoms with Gasteiger partial charge in [-0.25, -0.2) is 4.79 Å². The number of ether oxygens (including phenoxy) is 2. The minimum Gasteiger partial charge on any atom is -0.507 e. The molecule has 0 aromatic carbocycles. The van der Waals surface area contributed by atoms with Crippen LogP contribution in [0.4, 0.5) is 0 Å². The van der Waals surface area contributed by atoms with Crippen molar-refractivity contribution in [3.63, 3.8) is 0 Å². The molecule has 2 aromatic rings. The molecule has 210 valence electrons. The summed E-state index contributed by atoms with van der Waals surface area (Å²) in [6.45, 7) is 10.9. The maximum absolute atomic E-state index is 11.8. The van der Waals surface area contributed by atoms with E-state index in [1.807, 2.05) is 51.4 Å². The molecule has 0 aliphatic rings. The summed E-state index contributed by atoms with van der Waals surface area (Å²) in [6, 6.07) is 5.75. The number of nitrogens with one attached hydrogen (secondary N) is 1. The van der Waals surface area contributed by atoms with E-state index in [9.17, 15) is 14.7 Å². The Kier molecular flexibility index (Phi) is 23.0. The van der Waals surface area contributed by atoms with E-state index in [0.29, 0.717) is 12.2 Å². The zero-order valence-electron chi connectivity index (χ0n) is 23.6. The van der Waals surface area contributed by atoms with Gasteiger partial charge in [0, 0.05) is 48.9 Å². The van der Waals surface area contributed by atoms with E-state index < -0.39 is 11.4 Å². The van der Waals surface area contributed by atoms with Crippen molar-refractivity contribution in [2.24, 2.45) is 0 Å². The Bertz CT molecular complexity index is 950. The Balaban J connectivity index is 0. The monoisotopic (exact) mass is 539 g/mol. The second-order valence-electron chi connectivity index (χ2n) is 7.58. The van der Waals surface area contributed by atoms with Crippen LogP contribution in [0.25, 0.3) is 0 Å². The summed E-state index contributed by atoms with van der Waals surface area (Å²) in [5.74, 6) is -0.313. The average Bonchev–Trinajstić information content (AvgIpc) is 3.32. The quantitative estimate of drug-likeness (QED) is 0.192. The number of aryl methyl sites for hydroxylation is 2. The minimum absolute atomic E-state index is 0.0131. The predicted molar refractivity (Wildman–Crippen MR) is 151 cm³/mol. The van der Waals surface area contributed by atoms with Gasteiger partial charge in [0.1, 0.15) is 17.1 Å². The van der Waals surface area contributed by atoms with E-state index in [1.165, 1.54) is 22.9 Å². The summed E-state index contributed by atoms with van der Waals surface area (Å²) in [5.41, 5.74) is -1.01. The molecule has 1 atom stereocenters. The number of hydrogen-bond acceptors (Lipinski definition) is 9. The first-order valence-electron chi connectivity index (χ1n) is 12.5. The second-order valence-corrected chi connectivity index (χ2v) is 8.96. The summed E-state index contributed by atoms with van der Waals surface area (Å²) in [7, 11) is 4.88. The fourth-order valence-electron chi connectivity index (χ4n) is 2.88. The second kappa shape index (κ2) is 23.5. The van der Waals surface area contributed by atoms with Crippen LogP contribution in [0.5, 0.6) is 5.75 Å². The first-order chi connectivity index (χ1) is 17.7. The van der Waals surface area contributed by atoms with Crippen LogP contribution in [0.15, 0.2) is 39.7 Å². The molecule has 2 aromatic heterocycles. The number of thiophene rings is 1. The standard InChI is InChI=1S/C15H21NO4.C9H14OS.C2H4O2.C2H6/c1-4-11(17)14-12(18)9-13(20-15(14)19)10(2)7-5-6-8-16-3;1-8-5-6-9(11-8)4-3-7-10-2;1-4-2-3;1-2/h6,8-10,16,18H,4-5,7H2,1-3H3;5-6H,3-4,7H2,1-2H3;2H,1H3;1-2H3/b8-6+;;;. The highest BCUT2D eigenvalue weighted by atomic mass is 32.1. The fourth-order valence-corrected chi connectivity index (χ4v) is 3.81. The Hall–Kier alpha value is -2.91. The zero-order chi connectivity index (χ0) is 28.6.